The lowest BCUT2D eigenvalue weighted by Gasteiger charge is -2.35. The van der Waals surface area contributed by atoms with Gasteiger partial charge in [-0.1, -0.05) is 13.8 Å². The number of hydrogen-bond acceptors (Lipinski definition) is 3. The number of carbonyl (C=O) groups is 1. The monoisotopic (exact) mass is 256 g/mol. The van der Waals surface area contributed by atoms with Crippen LogP contribution in [0.25, 0.3) is 0 Å². The first-order chi connectivity index (χ1) is 8.49. The molecule has 0 bridgehead atoms. The van der Waals surface area contributed by atoms with E-state index in [1.807, 2.05) is 4.90 Å². The second-order valence-electron chi connectivity index (χ2n) is 5.71. The van der Waals surface area contributed by atoms with Crippen LogP contribution < -0.4 is 5.32 Å². The van der Waals surface area contributed by atoms with Crippen molar-refractivity contribution < 1.29 is 4.79 Å². The molecule has 0 aromatic carbocycles. The standard InChI is InChI=1S/C13H28N4O/c1-12(2)11-14-13(18)17-9-7-16(8-10-17)6-5-15(3)4/h12H,5-11H2,1-4H3,(H,14,18). The van der Waals surface area contributed by atoms with Gasteiger partial charge in [0.15, 0.2) is 0 Å². The molecule has 0 atom stereocenters. The summed E-state index contributed by atoms with van der Waals surface area (Å²) in [6.07, 6.45) is 0. The van der Waals surface area contributed by atoms with Crippen molar-refractivity contribution in [3.8, 4) is 0 Å². The van der Waals surface area contributed by atoms with Gasteiger partial charge in [0.25, 0.3) is 0 Å². The zero-order valence-electron chi connectivity index (χ0n) is 12.3. The third-order valence-electron chi connectivity index (χ3n) is 3.18. The number of carbonyl (C=O) groups excluding carboxylic acids is 1. The van der Waals surface area contributed by atoms with Gasteiger partial charge in [-0.05, 0) is 20.0 Å². The Balaban J connectivity index is 2.20. The Morgan fingerprint density at radius 1 is 1.22 bits per heavy atom. The fraction of sp³-hybridized carbons (Fsp3) is 0.923. The topological polar surface area (TPSA) is 38.8 Å². The molecule has 1 aliphatic rings. The Morgan fingerprint density at radius 2 is 1.83 bits per heavy atom. The van der Waals surface area contributed by atoms with Crippen LogP contribution in [0.1, 0.15) is 13.8 Å². The van der Waals surface area contributed by atoms with Gasteiger partial charge >= 0.3 is 6.03 Å². The van der Waals surface area contributed by atoms with Crippen molar-refractivity contribution in [2.75, 3.05) is 59.9 Å². The van der Waals surface area contributed by atoms with E-state index in [-0.39, 0.29) is 6.03 Å². The van der Waals surface area contributed by atoms with Crippen molar-refractivity contribution in [2.24, 2.45) is 5.92 Å². The molecule has 1 saturated heterocycles. The van der Waals surface area contributed by atoms with E-state index >= 15 is 0 Å². The van der Waals surface area contributed by atoms with E-state index in [2.05, 4.69) is 43.1 Å². The second-order valence-corrected chi connectivity index (χ2v) is 5.71. The summed E-state index contributed by atoms with van der Waals surface area (Å²) in [5, 5.41) is 2.98. The summed E-state index contributed by atoms with van der Waals surface area (Å²) in [5.74, 6) is 0.510. The van der Waals surface area contributed by atoms with Crippen molar-refractivity contribution in [2.45, 2.75) is 13.8 Å². The SMILES string of the molecule is CC(C)CNC(=O)N1CCN(CCN(C)C)CC1. The van der Waals surface area contributed by atoms with Crippen molar-refractivity contribution in [1.82, 2.24) is 20.0 Å². The van der Waals surface area contributed by atoms with E-state index in [0.717, 1.165) is 45.8 Å². The van der Waals surface area contributed by atoms with Crippen LogP contribution >= 0.6 is 0 Å². The highest BCUT2D eigenvalue weighted by atomic mass is 16.2. The number of amides is 2. The van der Waals surface area contributed by atoms with Crippen LogP contribution in [0.3, 0.4) is 0 Å². The molecule has 1 heterocycles. The first kappa shape index (κ1) is 15.2. The van der Waals surface area contributed by atoms with Gasteiger partial charge in [0, 0.05) is 45.8 Å². The predicted molar refractivity (Wildman–Crippen MR) is 74.8 cm³/mol. The molecule has 2 amide bonds. The highest BCUT2D eigenvalue weighted by Gasteiger charge is 2.20. The summed E-state index contributed by atoms with van der Waals surface area (Å²) in [5.41, 5.74) is 0. The smallest absolute Gasteiger partial charge is 0.317 e. The Kier molecular flexibility index (Phi) is 6.43. The van der Waals surface area contributed by atoms with Crippen LogP contribution in [-0.2, 0) is 0 Å². The van der Waals surface area contributed by atoms with Gasteiger partial charge < -0.3 is 15.1 Å². The molecular weight excluding hydrogens is 228 g/mol. The summed E-state index contributed by atoms with van der Waals surface area (Å²) in [6, 6.07) is 0.0935. The fourth-order valence-electron chi connectivity index (χ4n) is 1.92. The average Bonchev–Trinajstić information content (AvgIpc) is 2.34. The lowest BCUT2D eigenvalue weighted by atomic mass is 10.2. The Morgan fingerprint density at radius 3 is 2.33 bits per heavy atom. The molecule has 0 unspecified atom stereocenters. The van der Waals surface area contributed by atoms with Gasteiger partial charge in [-0.3, -0.25) is 4.90 Å². The molecule has 0 aromatic heterocycles. The van der Waals surface area contributed by atoms with Crippen LogP contribution in [-0.4, -0.2) is 80.6 Å². The van der Waals surface area contributed by atoms with Crippen LogP contribution in [0.4, 0.5) is 4.79 Å². The molecule has 0 aromatic rings. The van der Waals surface area contributed by atoms with E-state index in [1.54, 1.807) is 0 Å². The van der Waals surface area contributed by atoms with E-state index in [9.17, 15) is 4.79 Å². The summed E-state index contributed by atoms with van der Waals surface area (Å²) >= 11 is 0. The number of piperazine rings is 1. The molecule has 0 spiro atoms. The third kappa shape index (κ3) is 5.69. The summed E-state index contributed by atoms with van der Waals surface area (Å²) < 4.78 is 0. The lowest BCUT2D eigenvalue weighted by molar-refractivity contribution is 0.133. The van der Waals surface area contributed by atoms with Crippen molar-refractivity contribution in [3.63, 3.8) is 0 Å². The fourth-order valence-corrected chi connectivity index (χ4v) is 1.92. The molecule has 5 heteroatoms. The Labute approximate surface area is 111 Å². The Bertz CT molecular complexity index is 247. The maximum Gasteiger partial charge on any atom is 0.317 e. The maximum atomic E-state index is 11.9. The van der Waals surface area contributed by atoms with Crippen molar-refractivity contribution in [3.05, 3.63) is 0 Å². The highest BCUT2D eigenvalue weighted by molar-refractivity contribution is 5.74. The molecule has 1 N–H and O–H groups in total. The Hall–Kier alpha value is -0.810. The molecule has 1 rings (SSSR count). The number of nitrogens with zero attached hydrogens (tertiary/aromatic N) is 3. The average molecular weight is 256 g/mol. The number of urea groups is 1. The first-order valence-electron chi connectivity index (χ1n) is 6.89. The van der Waals surface area contributed by atoms with E-state index < -0.39 is 0 Å². The minimum Gasteiger partial charge on any atom is -0.338 e. The zero-order valence-corrected chi connectivity index (χ0v) is 12.3. The summed E-state index contributed by atoms with van der Waals surface area (Å²) in [6.45, 7) is 10.8. The van der Waals surface area contributed by atoms with Gasteiger partial charge in [0.1, 0.15) is 0 Å². The summed E-state index contributed by atoms with van der Waals surface area (Å²) in [4.78, 5) is 18.4. The van der Waals surface area contributed by atoms with Gasteiger partial charge in [0.2, 0.25) is 0 Å². The zero-order chi connectivity index (χ0) is 13.5. The maximum absolute atomic E-state index is 11.9. The molecular formula is C13H28N4O. The number of hydrogen-bond donors (Lipinski definition) is 1. The lowest BCUT2D eigenvalue weighted by Crippen LogP contribution is -2.53. The highest BCUT2D eigenvalue weighted by Crippen LogP contribution is 2.02. The van der Waals surface area contributed by atoms with Crippen LogP contribution in [0, 0.1) is 5.92 Å². The minimum absolute atomic E-state index is 0.0935. The molecule has 0 aliphatic carbocycles. The van der Waals surface area contributed by atoms with Gasteiger partial charge in [-0.25, -0.2) is 4.79 Å². The predicted octanol–water partition coefficient (Wildman–Crippen LogP) is 0.531. The van der Waals surface area contributed by atoms with E-state index in [1.165, 1.54) is 0 Å². The van der Waals surface area contributed by atoms with Crippen molar-refractivity contribution >= 4 is 6.03 Å². The molecule has 106 valence electrons. The summed E-state index contributed by atoms with van der Waals surface area (Å²) in [7, 11) is 4.19. The van der Waals surface area contributed by atoms with Crippen LogP contribution in [0.15, 0.2) is 0 Å². The number of likely N-dealkylation sites (N-methyl/N-ethyl adjacent to an activating group) is 1. The number of nitrogens with one attached hydrogen (secondary N) is 1. The quantitative estimate of drug-likeness (QED) is 0.780. The van der Waals surface area contributed by atoms with E-state index in [0.29, 0.717) is 5.92 Å². The molecule has 1 fully saturated rings. The largest absolute Gasteiger partial charge is 0.338 e. The van der Waals surface area contributed by atoms with Crippen LogP contribution in [0.5, 0.6) is 0 Å². The molecule has 18 heavy (non-hydrogen) atoms. The second kappa shape index (κ2) is 7.59. The van der Waals surface area contributed by atoms with Gasteiger partial charge in [-0.15, -0.1) is 0 Å². The van der Waals surface area contributed by atoms with Gasteiger partial charge in [-0.2, -0.15) is 0 Å². The third-order valence-corrected chi connectivity index (χ3v) is 3.18. The van der Waals surface area contributed by atoms with Crippen LogP contribution in [0.2, 0.25) is 0 Å². The molecule has 5 nitrogen and oxygen atoms in total. The molecule has 1 aliphatic heterocycles. The van der Waals surface area contributed by atoms with E-state index in [4.69, 9.17) is 0 Å². The number of rotatable bonds is 5. The molecule has 0 saturated carbocycles. The first-order valence-corrected chi connectivity index (χ1v) is 6.89. The van der Waals surface area contributed by atoms with Gasteiger partial charge in [0.05, 0.1) is 0 Å². The molecule has 0 radical (unpaired) electrons. The minimum atomic E-state index is 0.0935. The normalized spacial score (nSPS) is 17.6. The van der Waals surface area contributed by atoms with Crippen molar-refractivity contribution in [1.29, 1.82) is 0 Å².